The molecule has 0 unspecified atom stereocenters. The van der Waals surface area contributed by atoms with E-state index in [1.54, 1.807) is 13.3 Å². The van der Waals surface area contributed by atoms with Crippen LogP contribution in [0.1, 0.15) is 30.1 Å². The van der Waals surface area contributed by atoms with Crippen LogP contribution in [0.3, 0.4) is 0 Å². The number of likely N-dealkylation sites (tertiary alicyclic amines) is 1. The Balaban J connectivity index is 0.000000505. The van der Waals surface area contributed by atoms with Crippen molar-refractivity contribution in [1.82, 2.24) is 23.9 Å². The molecule has 12 heteroatoms. The van der Waals surface area contributed by atoms with Crippen molar-refractivity contribution in [2.24, 2.45) is 0 Å². The fraction of sp³-hybridized carbons (Fsp3) is 0.346. The highest BCUT2D eigenvalue weighted by atomic mass is 32.1. The van der Waals surface area contributed by atoms with Crippen molar-refractivity contribution in [3.63, 3.8) is 0 Å². The first-order valence-electron chi connectivity index (χ1n) is 12.1. The molecule has 0 saturated carbocycles. The lowest BCUT2D eigenvalue weighted by Gasteiger charge is -2.33. The predicted molar refractivity (Wildman–Crippen MR) is 142 cm³/mol. The summed E-state index contributed by atoms with van der Waals surface area (Å²) in [5.41, 5.74) is 4.95. The monoisotopic (exact) mass is 539 g/mol. The van der Waals surface area contributed by atoms with Crippen LogP contribution in [0.5, 0.6) is 5.75 Å². The van der Waals surface area contributed by atoms with Gasteiger partial charge in [-0.05, 0) is 73.5 Å². The first-order valence-corrected chi connectivity index (χ1v) is 12.8. The van der Waals surface area contributed by atoms with Crippen LogP contribution >= 0.6 is 11.7 Å². The zero-order valence-electron chi connectivity index (χ0n) is 20.8. The van der Waals surface area contributed by atoms with E-state index in [1.165, 1.54) is 17.3 Å². The predicted octanol–water partition coefficient (Wildman–Crippen LogP) is 2.69. The minimum absolute atomic E-state index is 0.485. The number of carboxylic acids is 2. The number of pyridine rings is 1. The van der Waals surface area contributed by atoms with Crippen LogP contribution in [0.2, 0.25) is 0 Å². The van der Waals surface area contributed by atoms with E-state index in [9.17, 15) is 5.11 Å². The van der Waals surface area contributed by atoms with Gasteiger partial charge in [0, 0.05) is 30.7 Å². The number of hydrogen-bond donors (Lipinski definition) is 4. The van der Waals surface area contributed by atoms with Gasteiger partial charge in [0.25, 0.3) is 0 Å². The van der Waals surface area contributed by atoms with Crippen molar-refractivity contribution >= 4 is 45.6 Å². The first kappa shape index (κ1) is 27.3. The molecule has 1 aliphatic rings. The smallest absolute Gasteiger partial charge is 0.414 e. The summed E-state index contributed by atoms with van der Waals surface area (Å²) in [6.45, 7) is 3.40. The number of fused-ring (bicyclic) bond motifs is 2. The quantitative estimate of drug-likeness (QED) is 0.256. The maximum Gasteiger partial charge on any atom is 0.414 e. The molecule has 4 N–H and O–H groups in total. The molecular weight excluding hydrogens is 510 g/mol. The Bertz CT molecular complexity index is 1390. The number of carbonyl (C=O) groups is 2. The van der Waals surface area contributed by atoms with Crippen LogP contribution in [0.15, 0.2) is 48.7 Å². The number of carboxylic acid groups (broad SMARTS) is 2. The molecule has 0 radical (unpaired) electrons. The molecule has 1 fully saturated rings. The molecule has 1 atom stereocenters. The number of aliphatic hydroxyl groups is 1. The number of nitrogens with zero attached hydrogens (tertiary/aromatic N) is 4. The van der Waals surface area contributed by atoms with E-state index in [1.807, 2.05) is 30.3 Å². The van der Waals surface area contributed by atoms with Gasteiger partial charge in [-0.2, -0.15) is 8.75 Å². The lowest BCUT2D eigenvalue weighted by atomic mass is 10.0. The van der Waals surface area contributed by atoms with Crippen LogP contribution in [0.25, 0.3) is 21.9 Å². The molecule has 2 aromatic carbocycles. The number of methoxy groups -OCH3 is 1. The van der Waals surface area contributed by atoms with Crippen LogP contribution in [-0.2, 0) is 16.1 Å². The second-order valence-corrected chi connectivity index (χ2v) is 9.48. The van der Waals surface area contributed by atoms with Crippen LogP contribution in [-0.4, -0.2) is 78.7 Å². The summed E-state index contributed by atoms with van der Waals surface area (Å²) in [5, 5.41) is 30.4. The molecule has 38 heavy (non-hydrogen) atoms. The second kappa shape index (κ2) is 12.7. The highest BCUT2D eigenvalue weighted by Crippen LogP contribution is 2.28. The number of hydrogen-bond acceptors (Lipinski definition) is 10. The normalized spacial score (nSPS) is 15.1. The summed E-state index contributed by atoms with van der Waals surface area (Å²) in [7, 11) is 1.65. The molecule has 0 aliphatic carbocycles. The van der Waals surface area contributed by atoms with Crippen LogP contribution in [0, 0.1) is 0 Å². The number of benzene rings is 2. The van der Waals surface area contributed by atoms with Gasteiger partial charge < -0.3 is 30.3 Å². The average molecular weight is 540 g/mol. The molecule has 1 aliphatic heterocycles. The molecular formula is C26H29N5O6S. The number of β-amino-alcohol motifs (C(OH)–C–C–N with tert-alkyl or cyclic N) is 1. The van der Waals surface area contributed by atoms with Crippen LogP contribution in [0.4, 0.5) is 0 Å². The molecule has 200 valence electrons. The molecule has 4 aromatic rings. The van der Waals surface area contributed by atoms with E-state index in [0.29, 0.717) is 12.6 Å². The van der Waals surface area contributed by atoms with Gasteiger partial charge in [0.2, 0.25) is 0 Å². The highest BCUT2D eigenvalue weighted by Gasteiger charge is 2.22. The highest BCUT2D eigenvalue weighted by molar-refractivity contribution is 7.00. The Labute approximate surface area is 223 Å². The van der Waals surface area contributed by atoms with E-state index < -0.39 is 18.0 Å². The molecule has 2 aromatic heterocycles. The summed E-state index contributed by atoms with van der Waals surface area (Å²) in [4.78, 5) is 25.0. The van der Waals surface area contributed by atoms with Crippen molar-refractivity contribution < 1.29 is 29.6 Å². The van der Waals surface area contributed by atoms with Crippen molar-refractivity contribution in [2.45, 2.75) is 31.5 Å². The van der Waals surface area contributed by atoms with E-state index in [2.05, 4.69) is 36.1 Å². The zero-order valence-corrected chi connectivity index (χ0v) is 21.6. The van der Waals surface area contributed by atoms with E-state index in [0.717, 1.165) is 65.7 Å². The van der Waals surface area contributed by atoms with Crippen molar-refractivity contribution in [3.05, 3.63) is 59.8 Å². The fourth-order valence-electron chi connectivity index (χ4n) is 4.43. The Hall–Kier alpha value is -3.71. The Morgan fingerprint density at radius 1 is 1.05 bits per heavy atom. The minimum Gasteiger partial charge on any atom is -0.497 e. The van der Waals surface area contributed by atoms with E-state index in [4.69, 9.17) is 24.5 Å². The summed E-state index contributed by atoms with van der Waals surface area (Å²) < 4.78 is 13.9. The Kier molecular flexibility index (Phi) is 9.13. The van der Waals surface area contributed by atoms with Gasteiger partial charge in [0.1, 0.15) is 16.8 Å². The number of aromatic nitrogens is 3. The molecule has 3 heterocycles. The van der Waals surface area contributed by atoms with Gasteiger partial charge in [0.15, 0.2) is 0 Å². The number of rotatable bonds is 7. The summed E-state index contributed by atoms with van der Waals surface area (Å²) in [5.74, 6) is -2.87. The fourth-order valence-corrected chi connectivity index (χ4v) is 4.94. The standard InChI is InChI=1S/C24H27N5O2S.C2H2O4/c1-31-18-3-5-21-20(13-18)19(6-9-25-21)24(30)15-29-10-7-17(8-11-29)26-14-16-2-4-22-23(12-16)28-32-27-22;3-1(4)2(5)6/h2-6,9,12-13,17,24,26,30H,7-8,10-11,14-15H2,1H3;(H,3,4)(H,5,6)/t24-;/m0./s1. The van der Waals surface area contributed by atoms with Gasteiger partial charge >= 0.3 is 11.9 Å². The number of aliphatic carboxylic acids is 2. The third kappa shape index (κ3) is 6.98. The second-order valence-electron chi connectivity index (χ2n) is 8.95. The summed E-state index contributed by atoms with van der Waals surface area (Å²) in [6.07, 6.45) is 3.34. The third-order valence-corrected chi connectivity index (χ3v) is 7.01. The molecule has 1 saturated heterocycles. The molecule has 0 bridgehead atoms. The van der Waals surface area contributed by atoms with Crippen LogP contribution < -0.4 is 10.1 Å². The summed E-state index contributed by atoms with van der Waals surface area (Å²) in [6, 6.07) is 14.5. The molecule has 0 amide bonds. The molecule has 0 spiro atoms. The van der Waals surface area contributed by atoms with Crippen molar-refractivity contribution in [1.29, 1.82) is 0 Å². The SMILES string of the molecule is COc1ccc2nccc([C@@H](O)CN3CCC(NCc4ccc5nsnc5c4)CC3)c2c1.O=C(O)C(=O)O. The number of ether oxygens (including phenoxy) is 1. The zero-order chi connectivity index (χ0) is 27.1. The third-order valence-electron chi connectivity index (χ3n) is 6.46. The van der Waals surface area contributed by atoms with E-state index in [-0.39, 0.29) is 0 Å². The van der Waals surface area contributed by atoms with Gasteiger partial charge in [-0.1, -0.05) is 6.07 Å². The number of piperidine rings is 1. The van der Waals surface area contributed by atoms with Gasteiger partial charge in [-0.15, -0.1) is 0 Å². The average Bonchev–Trinajstić information content (AvgIpc) is 3.40. The van der Waals surface area contributed by atoms with Crippen molar-refractivity contribution in [2.75, 3.05) is 26.7 Å². The van der Waals surface area contributed by atoms with Crippen molar-refractivity contribution in [3.8, 4) is 5.75 Å². The topological polar surface area (TPSA) is 158 Å². The maximum atomic E-state index is 11.0. The Morgan fingerprint density at radius 3 is 2.47 bits per heavy atom. The number of aliphatic hydroxyl groups excluding tert-OH is 1. The summed E-state index contributed by atoms with van der Waals surface area (Å²) >= 11 is 1.26. The molecule has 11 nitrogen and oxygen atoms in total. The minimum atomic E-state index is -1.82. The maximum absolute atomic E-state index is 11.0. The largest absolute Gasteiger partial charge is 0.497 e. The van der Waals surface area contributed by atoms with Gasteiger partial charge in [-0.3, -0.25) is 4.98 Å². The van der Waals surface area contributed by atoms with Gasteiger partial charge in [-0.25, -0.2) is 9.59 Å². The lowest BCUT2D eigenvalue weighted by molar-refractivity contribution is -0.159. The molecule has 5 rings (SSSR count). The Morgan fingerprint density at radius 2 is 1.76 bits per heavy atom. The number of nitrogens with one attached hydrogen (secondary N) is 1. The van der Waals surface area contributed by atoms with Gasteiger partial charge in [0.05, 0.1) is 30.5 Å². The van der Waals surface area contributed by atoms with E-state index >= 15 is 0 Å². The first-order chi connectivity index (χ1) is 18.3. The lowest BCUT2D eigenvalue weighted by Crippen LogP contribution is -2.43.